The molecule has 2 aromatic rings. The third kappa shape index (κ3) is 4.20. The van der Waals surface area contributed by atoms with Gasteiger partial charge in [0.15, 0.2) is 0 Å². The Kier molecular flexibility index (Phi) is 6.17. The van der Waals surface area contributed by atoms with Crippen LogP contribution in [-0.2, 0) is 4.79 Å². The fourth-order valence-electron chi connectivity index (χ4n) is 4.55. The normalized spacial score (nSPS) is 17.0. The summed E-state index contributed by atoms with van der Waals surface area (Å²) in [5.41, 5.74) is 3.88. The summed E-state index contributed by atoms with van der Waals surface area (Å²) in [5, 5.41) is 9.17. The average molecular weight is 435 g/mol. The summed E-state index contributed by atoms with van der Waals surface area (Å²) in [6.45, 7) is 4.78. The molecule has 2 aromatic carbocycles. The first kappa shape index (κ1) is 21.9. The van der Waals surface area contributed by atoms with Crippen LogP contribution in [0.5, 0.6) is 0 Å². The number of hydrogen-bond acceptors (Lipinski definition) is 4. The monoisotopic (exact) mass is 434 g/mol. The molecule has 2 fully saturated rings. The van der Waals surface area contributed by atoms with Gasteiger partial charge in [0.2, 0.25) is 0 Å². The molecule has 2 aliphatic rings. The molecule has 1 aliphatic carbocycles. The van der Waals surface area contributed by atoms with E-state index < -0.39 is 5.54 Å². The van der Waals surface area contributed by atoms with Gasteiger partial charge in [-0.2, -0.15) is 0 Å². The predicted octanol–water partition coefficient (Wildman–Crippen LogP) is 4.03. The Morgan fingerprint density at radius 2 is 1.75 bits per heavy atom. The van der Waals surface area contributed by atoms with Crippen molar-refractivity contribution in [3.63, 3.8) is 0 Å². The second kappa shape index (κ2) is 9.02. The molecule has 1 saturated heterocycles. The van der Waals surface area contributed by atoms with Crippen molar-refractivity contribution in [2.24, 2.45) is 0 Å². The van der Waals surface area contributed by atoms with Gasteiger partial charge in [0.1, 0.15) is 5.54 Å². The first-order valence-electron chi connectivity index (χ1n) is 11.3. The lowest BCUT2D eigenvalue weighted by Gasteiger charge is -2.20. The number of benzene rings is 2. The summed E-state index contributed by atoms with van der Waals surface area (Å²) in [6.07, 6.45) is 3.87. The third-order valence-corrected chi connectivity index (χ3v) is 6.59. The molecule has 168 valence electrons. The maximum atomic E-state index is 12.8. The standard InChI is InChI=1S/C25H30N4O3/c1-17-9-7-12-20(18(17)2)27-21-11-4-3-10-19(21)22(30)26-15-8-16-29-23(31)25(28-24(29)32)13-5-6-14-25/h3-4,7,9-12,27H,5-6,8,13-16H2,1-2H3,(H,26,30)(H,28,32). The molecule has 4 amide bonds. The van der Waals surface area contributed by atoms with Gasteiger partial charge in [-0.05, 0) is 62.4 Å². The molecule has 0 aromatic heterocycles. The Bertz CT molecular complexity index is 1040. The second-order valence-corrected chi connectivity index (χ2v) is 8.70. The maximum absolute atomic E-state index is 12.8. The lowest BCUT2D eigenvalue weighted by Crippen LogP contribution is -2.44. The van der Waals surface area contributed by atoms with Gasteiger partial charge in [-0.1, -0.05) is 37.1 Å². The fraction of sp³-hybridized carbons (Fsp3) is 0.400. The van der Waals surface area contributed by atoms with Gasteiger partial charge in [-0.25, -0.2) is 4.79 Å². The van der Waals surface area contributed by atoms with E-state index in [1.807, 2.05) is 37.3 Å². The molecule has 0 bridgehead atoms. The minimum atomic E-state index is -0.682. The van der Waals surface area contributed by atoms with Crippen molar-refractivity contribution in [3.8, 4) is 0 Å². The fourth-order valence-corrected chi connectivity index (χ4v) is 4.55. The molecule has 32 heavy (non-hydrogen) atoms. The van der Waals surface area contributed by atoms with E-state index in [0.717, 1.165) is 42.6 Å². The number of rotatable bonds is 7. The largest absolute Gasteiger partial charge is 0.355 e. The van der Waals surface area contributed by atoms with Crippen LogP contribution in [0, 0.1) is 13.8 Å². The Labute approximate surface area is 188 Å². The van der Waals surface area contributed by atoms with Gasteiger partial charge in [-0.15, -0.1) is 0 Å². The summed E-state index contributed by atoms with van der Waals surface area (Å²) >= 11 is 0. The van der Waals surface area contributed by atoms with Crippen LogP contribution < -0.4 is 16.0 Å². The Hall–Kier alpha value is -3.35. The zero-order valence-corrected chi connectivity index (χ0v) is 18.7. The topological polar surface area (TPSA) is 90.5 Å². The maximum Gasteiger partial charge on any atom is 0.325 e. The number of anilines is 2. The van der Waals surface area contributed by atoms with Crippen molar-refractivity contribution in [2.75, 3.05) is 18.4 Å². The highest BCUT2D eigenvalue weighted by Gasteiger charge is 2.51. The minimum Gasteiger partial charge on any atom is -0.355 e. The molecular formula is C25H30N4O3. The van der Waals surface area contributed by atoms with Gasteiger partial charge in [0, 0.05) is 18.8 Å². The van der Waals surface area contributed by atoms with Gasteiger partial charge < -0.3 is 16.0 Å². The van der Waals surface area contributed by atoms with Crippen LogP contribution >= 0.6 is 0 Å². The molecule has 1 heterocycles. The number of nitrogens with zero attached hydrogens (tertiary/aromatic N) is 1. The summed E-state index contributed by atoms with van der Waals surface area (Å²) < 4.78 is 0. The Morgan fingerprint density at radius 3 is 2.53 bits per heavy atom. The number of amides is 4. The van der Waals surface area contributed by atoms with E-state index in [-0.39, 0.29) is 17.8 Å². The van der Waals surface area contributed by atoms with E-state index >= 15 is 0 Å². The molecule has 7 heteroatoms. The molecule has 1 spiro atoms. The van der Waals surface area contributed by atoms with E-state index in [2.05, 4.69) is 28.9 Å². The number of hydrogen-bond donors (Lipinski definition) is 3. The number of imide groups is 1. The van der Waals surface area contributed by atoms with Crippen LogP contribution in [0.15, 0.2) is 42.5 Å². The summed E-state index contributed by atoms with van der Waals surface area (Å²) in [6, 6.07) is 13.1. The molecule has 7 nitrogen and oxygen atoms in total. The minimum absolute atomic E-state index is 0.116. The quantitative estimate of drug-likeness (QED) is 0.453. The molecule has 1 aliphatic heterocycles. The molecule has 3 N–H and O–H groups in total. The summed E-state index contributed by atoms with van der Waals surface area (Å²) in [7, 11) is 0. The smallest absolute Gasteiger partial charge is 0.325 e. The van der Waals surface area contributed by atoms with Crippen molar-refractivity contribution >= 4 is 29.2 Å². The van der Waals surface area contributed by atoms with Crippen molar-refractivity contribution in [2.45, 2.75) is 51.5 Å². The van der Waals surface area contributed by atoms with Crippen LogP contribution in [0.2, 0.25) is 0 Å². The van der Waals surface area contributed by atoms with Crippen molar-refractivity contribution in [1.29, 1.82) is 0 Å². The van der Waals surface area contributed by atoms with Gasteiger partial charge in [0.05, 0.1) is 11.3 Å². The lowest BCUT2D eigenvalue weighted by molar-refractivity contribution is -0.131. The van der Waals surface area contributed by atoms with Crippen LogP contribution in [0.25, 0.3) is 0 Å². The molecular weight excluding hydrogens is 404 g/mol. The molecule has 4 rings (SSSR count). The van der Waals surface area contributed by atoms with Crippen molar-refractivity contribution in [1.82, 2.24) is 15.5 Å². The van der Waals surface area contributed by atoms with E-state index in [9.17, 15) is 14.4 Å². The highest BCUT2D eigenvalue weighted by Crippen LogP contribution is 2.35. The highest BCUT2D eigenvalue weighted by atomic mass is 16.2. The van der Waals surface area contributed by atoms with E-state index in [0.29, 0.717) is 25.1 Å². The summed E-state index contributed by atoms with van der Waals surface area (Å²) in [5.74, 6) is -0.308. The number of para-hydroxylation sites is 1. The molecule has 0 unspecified atom stereocenters. The number of carbonyl (C=O) groups excluding carboxylic acids is 3. The highest BCUT2D eigenvalue weighted by molar-refractivity contribution is 6.07. The van der Waals surface area contributed by atoms with E-state index in [1.165, 1.54) is 10.5 Å². The molecule has 0 radical (unpaired) electrons. The number of aryl methyl sites for hydroxylation is 1. The number of nitrogens with one attached hydrogen (secondary N) is 3. The Balaban J connectivity index is 1.34. The van der Waals surface area contributed by atoms with Crippen molar-refractivity contribution < 1.29 is 14.4 Å². The lowest BCUT2D eigenvalue weighted by atomic mass is 9.98. The van der Waals surface area contributed by atoms with Crippen LogP contribution in [0.4, 0.5) is 16.2 Å². The predicted molar refractivity (Wildman–Crippen MR) is 124 cm³/mol. The number of carbonyl (C=O) groups is 3. The second-order valence-electron chi connectivity index (χ2n) is 8.70. The van der Waals surface area contributed by atoms with Gasteiger partial charge in [0.25, 0.3) is 11.8 Å². The molecule has 1 saturated carbocycles. The van der Waals surface area contributed by atoms with Gasteiger partial charge >= 0.3 is 6.03 Å². The van der Waals surface area contributed by atoms with Crippen LogP contribution in [0.1, 0.15) is 53.6 Å². The summed E-state index contributed by atoms with van der Waals surface area (Å²) in [4.78, 5) is 39.1. The van der Waals surface area contributed by atoms with Gasteiger partial charge in [-0.3, -0.25) is 14.5 Å². The van der Waals surface area contributed by atoms with E-state index in [4.69, 9.17) is 0 Å². The van der Waals surface area contributed by atoms with Crippen LogP contribution in [-0.4, -0.2) is 41.4 Å². The van der Waals surface area contributed by atoms with Crippen molar-refractivity contribution in [3.05, 3.63) is 59.2 Å². The Morgan fingerprint density at radius 1 is 1.03 bits per heavy atom. The SMILES string of the molecule is Cc1cccc(Nc2ccccc2C(=O)NCCCN2C(=O)NC3(CCCC3)C2=O)c1C. The van der Waals surface area contributed by atoms with Crippen LogP contribution in [0.3, 0.4) is 0 Å². The zero-order chi connectivity index (χ0) is 22.7. The van der Waals surface area contributed by atoms with E-state index in [1.54, 1.807) is 6.07 Å². The molecule has 0 atom stereocenters. The zero-order valence-electron chi connectivity index (χ0n) is 18.7. The first-order chi connectivity index (χ1) is 15.4. The average Bonchev–Trinajstić information content (AvgIpc) is 3.34. The first-order valence-corrected chi connectivity index (χ1v) is 11.3. The number of urea groups is 1. The third-order valence-electron chi connectivity index (χ3n) is 6.59.